The predicted molar refractivity (Wildman–Crippen MR) is 59.9 cm³/mol. The monoisotopic (exact) mass is 224 g/mol. The third kappa shape index (κ3) is 2.45. The Balaban J connectivity index is 2.17. The molecule has 90 valence electrons. The molecule has 0 amide bonds. The second kappa shape index (κ2) is 4.19. The topological polar surface area (TPSA) is 43.4 Å². The van der Waals surface area contributed by atoms with Crippen LogP contribution in [-0.4, -0.2) is 17.4 Å². The van der Waals surface area contributed by atoms with E-state index in [1.807, 2.05) is 13.8 Å². The van der Waals surface area contributed by atoms with Gasteiger partial charge in [-0.05, 0) is 32.6 Å². The van der Waals surface area contributed by atoms with Crippen LogP contribution in [0.2, 0.25) is 0 Å². The molecule has 0 aromatic heterocycles. The molecule has 0 bridgehead atoms. The minimum atomic E-state index is -0.615. The average Bonchev–Trinajstić information content (AvgIpc) is 2.14. The zero-order valence-electron chi connectivity index (χ0n) is 10.1. The molecule has 0 aromatic carbocycles. The van der Waals surface area contributed by atoms with Gasteiger partial charge in [-0.1, -0.05) is 12.8 Å². The molecule has 1 saturated heterocycles. The van der Waals surface area contributed by atoms with E-state index in [0.717, 1.165) is 25.7 Å². The maximum Gasteiger partial charge on any atom is 0.309 e. The third-order valence-corrected chi connectivity index (χ3v) is 3.70. The Labute approximate surface area is 96.5 Å². The van der Waals surface area contributed by atoms with Crippen LogP contribution < -0.4 is 0 Å². The van der Waals surface area contributed by atoms with Gasteiger partial charge in [0.15, 0.2) is 0 Å². The number of hydrogen-bond acceptors (Lipinski definition) is 3. The third-order valence-electron chi connectivity index (χ3n) is 3.70. The lowest BCUT2D eigenvalue weighted by molar-refractivity contribution is -0.169. The van der Waals surface area contributed by atoms with Crippen LogP contribution in [0.5, 0.6) is 0 Å². The van der Waals surface area contributed by atoms with Crippen LogP contribution in [0.15, 0.2) is 0 Å². The molecule has 0 aromatic rings. The second-order valence-electron chi connectivity index (χ2n) is 5.75. The summed E-state index contributed by atoms with van der Waals surface area (Å²) >= 11 is 0. The van der Waals surface area contributed by atoms with Crippen molar-refractivity contribution in [2.45, 2.75) is 58.0 Å². The van der Waals surface area contributed by atoms with E-state index in [1.165, 1.54) is 0 Å². The van der Waals surface area contributed by atoms with Crippen LogP contribution in [-0.2, 0) is 14.3 Å². The van der Waals surface area contributed by atoms with E-state index in [1.54, 1.807) is 0 Å². The van der Waals surface area contributed by atoms with Crippen molar-refractivity contribution in [3.05, 3.63) is 0 Å². The Bertz CT molecular complexity index is 306. The van der Waals surface area contributed by atoms with Crippen molar-refractivity contribution in [1.29, 1.82) is 0 Å². The van der Waals surface area contributed by atoms with Crippen molar-refractivity contribution in [2.75, 3.05) is 0 Å². The summed E-state index contributed by atoms with van der Waals surface area (Å²) in [5.41, 5.74) is -0.615. The highest BCUT2D eigenvalue weighted by Crippen LogP contribution is 2.37. The van der Waals surface area contributed by atoms with Gasteiger partial charge in [0.2, 0.25) is 0 Å². The number of carbonyl (C=O) groups excluding carboxylic acids is 2. The van der Waals surface area contributed by atoms with Crippen molar-refractivity contribution >= 4 is 11.8 Å². The van der Waals surface area contributed by atoms with Crippen molar-refractivity contribution in [1.82, 2.24) is 0 Å². The summed E-state index contributed by atoms with van der Waals surface area (Å²) in [7, 11) is 0. The number of fused-ring (bicyclic) bond motifs is 1. The Morgan fingerprint density at radius 2 is 1.88 bits per heavy atom. The molecule has 3 nitrogen and oxygen atoms in total. The van der Waals surface area contributed by atoms with Crippen molar-refractivity contribution in [3.8, 4) is 0 Å². The summed E-state index contributed by atoms with van der Waals surface area (Å²) in [6.07, 6.45) is 5.07. The lowest BCUT2D eigenvalue weighted by atomic mass is 9.75. The molecule has 1 heterocycles. The molecule has 2 atom stereocenters. The first-order valence-corrected chi connectivity index (χ1v) is 6.22. The van der Waals surface area contributed by atoms with E-state index in [9.17, 15) is 9.59 Å². The maximum atomic E-state index is 12.0. The van der Waals surface area contributed by atoms with Gasteiger partial charge in [0.05, 0.1) is 5.92 Å². The molecule has 1 aliphatic heterocycles. The van der Waals surface area contributed by atoms with E-state index in [4.69, 9.17) is 4.74 Å². The van der Waals surface area contributed by atoms with Crippen LogP contribution in [0.25, 0.3) is 0 Å². The summed E-state index contributed by atoms with van der Waals surface area (Å²) in [6.45, 7) is 3.65. The van der Waals surface area contributed by atoms with Gasteiger partial charge in [0.25, 0.3) is 0 Å². The molecule has 0 N–H and O–H groups in total. The highest BCUT2D eigenvalue weighted by molar-refractivity contribution is 5.83. The van der Waals surface area contributed by atoms with Gasteiger partial charge in [-0.2, -0.15) is 0 Å². The highest BCUT2D eigenvalue weighted by Gasteiger charge is 2.39. The van der Waals surface area contributed by atoms with Gasteiger partial charge in [-0.3, -0.25) is 9.59 Å². The second-order valence-corrected chi connectivity index (χ2v) is 5.75. The molecule has 0 radical (unpaired) electrons. The first-order valence-electron chi connectivity index (χ1n) is 6.22. The fourth-order valence-corrected chi connectivity index (χ4v) is 2.99. The number of Topliss-reactive ketones (excluding diaryl/α,β-unsaturated/α-hetero) is 1. The molecule has 3 heteroatoms. The summed E-state index contributed by atoms with van der Waals surface area (Å²) in [4.78, 5) is 23.8. The molecular weight excluding hydrogens is 204 g/mol. The summed E-state index contributed by atoms with van der Waals surface area (Å²) < 4.78 is 5.46. The average molecular weight is 224 g/mol. The van der Waals surface area contributed by atoms with Crippen molar-refractivity contribution in [2.24, 2.45) is 11.8 Å². The molecule has 1 saturated carbocycles. The number of hydrogen-bond donors (Lipinski definition) is 0. The van der Waals surface area contributed by atoms with Gasteiger partial charge < -0.3 is 4.74 Å². The van der Waals surface area contributed by atoms with Crippen LogP contribution in [0, 0.1) is 11.8 Å². The van der Waals surface area contributed by atoms with Gasteiger partial charge in [-0.15, -0.1) is 0 Å². The van der Waals surface area contributed by atoms with E-state index in [-0.39, 0.29) is 23.6 Å². The zero-order chi connectivity index (χ0) is 11.8. The first-order chi connectivity index (χ1) is 7.48. The minimum absolute atomic E-state index is 0.0303. The Morgan fingerprint density at radius 1 is 1.19 bits per heavy atom. The number of ether oxygens (including phenoxy) is 1. The van der Waals surface area contributed by atoms with Crippen LogP contribution in [0.4, 0.5) is 0 Å². The zero-order valence-corrected chi connectivity index (χ0v) is 10.1. The van der Waals surface area contributed by atoms with E-state index in [0.29, 0.717) is 12.8 Å². The Hall–Kier alpha value is -0.860. The molecule has 2 fully saturated rings. The van der Waals surface area contributed by atoms with Crippen molar-refractivity contribution in [3.63, 3.8) is 0 Å². The lowest BCUT2D eigenvalue weighted by Crippen LogP contribution is -2.41. The van der Waals surface area contributed by atoms with Crippen LogP contribution in [0.3, 0.4) is 0 Å². The van der Waals surface area contributed by atoms with Gasteiger partial charge >= 0.3 is 5.97 Å². The lowest BCUT2D eigenvalue weighted by Gasteiger charge is -2.36. The molecule has 2 unspecified atom stereocenters. The van der Waals surface area contributed by atoms with Crippen LogP contribution in [0.1, 0.15) is 52.4 Å². The van der Waals surface area contributed by atoms with Gasteiger partial charge in [0, 0.05) is 12.8 Å². The Morgan fingerprint density at radius 3 is 2.62 bits per heavy atom. The largest absolute Gasteiger partial charge is 0.459 e. The molecular formula is C13H20O3. The molecule has 0 spiro atoms. The van der Waals surface area contributed by atoms with Crippen LogP contribution >= 0.6 is 0 Å². The summed E-state index contributed by atoms with van der Waals surface area (Å²) in [6, 6.07) is 0. The normalized spacial score (nSPS) is 34.6. The smallest absolute Gasteiger partial charge is 0.309 e. The van der Waals surface area contributed by atoms with Gasteiger partial charge in [-0.25, -0.2) is 0 Å². The SMILES string of the molecule is CC1(C)CC(=O)CC2CCCCC2C(=O)O1. The fourth-order valence-electron chi connectivity index (χ4n) is 2.99. The maximum absolute atomic E-state index is 12.0. The predicted octanol–water partition coefficient (Wildman–Crippen LogP) is 2.48. The quantitative estimate of drug-likeness (QED) is 0.594. The molecule has 1 aliphatic carbocycles. The number of carbonyl (C=O) groups is 2. The fraction of sp³-hybridized carbons (Fsp3) is 0.846. The standard InChI is InChI=1S/C13H20O3/c1-13(2)8-10(14)7-9-5-3-4-6-11(9)12(15)16-13/h9,11H,3-8H2,1-2H3. The van der Waals surface area contributed by atoms with Gasteiger partial charge in [0.1, 0.15) is 11.4 Å². The number of rotatable bonds is 0. The molecule has 16 heavy (non-hydrogen) atoms. The van der Waals surface area contributed by atoms with E-state index < -0.39 is 5.60 Å². The summed E-state index contributed by atoms with van der Waals surface area (Å²) in [5.74, 6) is 0.374. The summed E-state index contributed by atoms with van der Waals surface area (Å²) in [5, 5.41) is 0. The first kappa shape index (κ1) is 11.6. The Kier molecular flexibility index (Phi) is 3.04. The molecule has 2 rings (SSSR count). The number of esters is 1. The highest BCUT2D eigenvalue weighted by atomic mass is 16.6. The molecule has 2 aliphatic rings. The van der Waals surface area contributed by atoms with E-state index in [2.05, 4.69) is 0 Å². The number of cyclic esters (lactones) is 1. The minimum Gasteiger partial charge on any atom is -0.459 e. The van der Waals surface area contributed by atoms with E-state index >= 15 is 0 Å². The van der Waals surface area contributed by atoms with Crippen molar-refractivity contribution < 1.29 is 14.3 Å². The number of ketones is 1.